The Balaban J connectivity index is 0.00000341. The van der Waals surface area contributed by atoms with Crippen LogP contribution in [0.4, 0.5) is 0 Å². The molecule has 1 saturated heterocycles. The van der Waals surface area contributed by atoms with Crippen LogP contribution in [0, 0.1) is 0 Å². The molecule has 2 aromatic carbocycles. The minimum absolute atomic E-state index is 0. The molecule has 0 aliphatic carbocycles. The number of nitrogens with one attached hydrogen (secondary N) is 1. The average Bonchev–Trinajstić information content (AvgIpc) is 3.08. The van der Waals surface area contributed by atoms with Crippen LogP contribution in [0.3, 0.4) is 0 Å². The van der Waals surface area contributed by atoms with Crippen molar-refractivity contribution < 1.29 is 28.1 Å². The topological polar surface area (TPSA) is 108 Å². The number of aliphatic hydroxyl groups excluding tert-OH is 2. The minimum Gasteiger partial charge on any atom is -0.497 e. The van der Waals surface area contributed by atoms with E-state index in [2.05, 4.69) is 4.72 Å². The van der Waals surface area contributed by atoms with Crippen LogP contribution < -0.4 is 9.46 Å². The second kappa shape index (κ2) is 11.2. The lowest BCUT2D eigenvalue weighted by Crippen LogP contribution is -2.49. The highest BCUT2D eigenvalue weighted by atomic mass is 35.5. The summed E-state index contributed by atoms with van der Waals surface area (Å²) in [5.74, 6) is 0.560. The first kappa shape index (κ1) is 25.5. The van der Waals surface area contributed by atoms with Gasteiger partial charge in [0, 0.05) is 13.1 Å². The minimum atomic E-state index is -3.77. The highest BCUT2D eigenvalue weighted by Crippen LogP contribution is 2.26. The van der Waals surface area contributed by atoms with Gasteiger partial charge in [-0.25, -0.2) is 13.1 Å². The fraction of sp³-hybridized carbons (Fsp3) is 0.429. The zero-order valence-electron chi connectivity index (χ0n) is 17.4. The molecular formula is C21H29ClN2O6S. The molecule has 3 rings (SSSR count). The summed E-state index contributed by atoms with van der Waals surface area (Å²) in [6, 6.07) is 15.3. The molecule has 1 heterocycles. The Bertz CT molecular complexity index is 913. The predicted molar refractivity (Wildman–Crippen MR) is 119 cm³/mol. The summed E-state index contributed by atoms with van der Waals surface area (Å²) in [6.45, 7) is 0.163. The van der Waals surface area contributed by atoms with Crippen LogP contribution in [-0.2, 0) is 21.3 Å². The molecule has 0 amide bonds. The van der Waals surface area contributed by atoms with Gasteiger partial charge in [0.1, 0.15) is 18.0 Å². The van der Waals surface area contributed by atoms with Crippen molar-refractivity contribution in [2.24, 2.45) is 0 Å². The summed E-state index contributed by atoms with van der Waals surface area (Å²) < 4.78 is 38.7. The molecule has 10 heteroatoms. The fourth-order valence-electron chi connectivity index (χ4n) is 3.70. The zero-order valence-corrected chi connectivity index (χ0v) is 19.1. The number of nitrogens with zero attached hydrogens (tertiary/aromatic N) is 1. The molecule has 4 atom stereocenters. The van der Waals surface area contributed by atoms with Crippen molar-refractivity contribution in [2.45, 2.75) is 35.8 Å². The van der Waals surface area contributed by atoms with Crippen LogP contribution in [0.2, 0.25) is 0 Å². The van der Waals surface area contributed by atoms with Gasteiger partial charge in [-0.3, -0.25) is 4.90 Å². The standard InChI is InChI=1S/C21H28N2O6S.ClH/c1-23(13-15-6-4-3-5-7-15)20-18(29-19(14-24)21(20)25)12-22-30(26,27)17-10-8-16(28-2)9-11-17;/h3-11,18-22,24-25H,12-14H2,1-2H3;1H/t18-,19+,20+,21-;/m1./s1. The Labute approximate surface area is 189 Å². The second-order valence-electron chi connectivity index (χ2n) is 7.30. The number of hydrogen-bond acceptors (Lipinski definition) is 7. The molecule has 172 valence electrons. The second-order valence-corrected chi connectivity index (χ2v) is 9.07. The largest absolute Gasteiger partial charge is 0.497 e. The van der Waals surface area contributed by atoms with Gasteiger partial charge in [-0.15, -0.1) is 12.4 Å². The van der Waals surface area contributed by atoms with Gasteiger partial charge in [-0.05, 0) is 36.9 Å². The average molecular weight is 473 g/mol. The summed E-state index contributed by atoms with van der Waals surface area (Å²) in [5, 5.41) is 20.2. The summed E-state index contributed by atoms with van der Waals surface area (Å²) in [4.78, 5) is 2.02. The molecular weight excluding hydrogens is 444 g/mol. The number of sulfonamides is 1. The number of methoxy groups -OCH3 is 1. The van der Waals surface area contributed by atoms with Gasteiger partial charge >= 0.3 is 0 Å². The van der Waals surface area contributed by atoms with Crippen LogP contribution in [0.1, 0.15) is 5.56 Å². The van der Waals surface area contributed by atoms with Crippen LogP contribution in [-0.4, -0.2) is 75.2 Å². The van der Waals surface area contributed by atoms with E-state index in [-0.39, 0.29) is 30.5 Å². The van der Waals surface area contributed by atoms with Crippen molar-refractivity contribution in [1.82, 2.24) is 9.62 Å². The maximum Gasteiger partial charge on any atom is 0.240 e. The Morgan fingerprint density at radius 1 is 1.10 bits per heavy atom. The Morgan fingerprint density at radius 3 is 2.32 bits per heavy atom. The van der Waals surface area contributed by atoms with Crippen molar-refractivity contribution in [3.05, 3.63) is 60.2 Å². The lowest BCUT2D eigenvalue weighted by atomic mass is 10.0. The van der Waals surface area contributed by atoms with Crippen molar-refractivity contribution in [3.8, 4) is 5.75 Å². The van der Waals surface area contributed by atoms with Crippen LogP contribution in [0.15, 0.2) is 59.5 Å². The lowest BCUT2D eigenvalue weighted by Gasteiger charge is -2.30. The maximum absolute atomic E-state index is 12.7. The molecule has 8 nitrogen and oxygen atoms in total. The molecule has 1 aliphatic rings. The highest BCUT2D eigenvalue weighted by molar-refractivity contribution is 7.89. The monoisotopic (exact) mass is 472 g/mol. The van der Waals surface area contributed by atoms with Gasteiger partial charge in [-0.2, -0.15) is 0 Å². The number of rotatable bonds is 9. The molecule has 0 aromatic heterocycles. The smallest absolute Gasteiger partial charge is 0.240 e. The number of halogens is 1. The predicted octanol–water partition coefficient (Wildman–Crippen LogP) is 1.02. The first-order valence-electron chi connectivity index (χ1n) is 9.68. The molecule has 2 aromatic rings. The third-order valence-electron chi connectivity index (χ3n) is 5.27. The van der Waals surface area contributed by atoms with E-state index < -0.39 is 34.4 Å². The number of aliphatic hydroxyl groups is 2. The molecule has 0 bridgehead atoms. The first-order valence-corrected chi connectivity index (χ1v) is 11.2. The summed E-state index contributed by atoms with van der Waals surface area (Å²) in [5.41, 5.74) is 1.05. The molecule has 0 saturated carbocycles. The van der Waals surface area contributed by atoms with Crippen molar-refractivity contribution in [3.63, 3.8) is 0 Å². The van der Waals surface area contributed by atoms with Crippen molar-refractivity contribution in [1.29, 1.82) is 0 Å². The van der Waals surface area contributed by atoms with Crippen molar-refractivity contribution >= 4 is 22.4 Å². The third-order valence-corrected chi connectivity index (χ3v) is 6.71. The molecule has 1 aliphatic heterocycles. The Morgan fingerprint density at radius 2 is 1.74 bits per heavy atom. The summed E-state index contributed by atoms with van der Waals surface area (Å²) >= 11 is 0. The van der Waals surface area contributed by atoms with Crippen LogP contribution in [0.5, 0.6) is 5.75 Å². The molecule has 0 radical (unpaired) electrons. The lowest BCUT2D eigenvalue weighted by molar-refractivity contribution is -0.0201. The van der Waals surface area contributed by atoms with Gasteiger partial charge in [0.2, 0.25) is 10.0 Å². The Kier molecular flexibility index (Phi) is 9.26. The molecule has 0 unspecified atom stereocenters. The molecule has 0 spiro atoms. The third kappa shape index (κ3) is 6.17. The van der Waals surface area contributed by atoms with E-state index >= 15 is 0 Å². The van der Waals surface area contributed by atoms with Crippen LogP contribution in [0.25, 0.3) is 0 Å². The quantitative estimate of drug-likeness (QED) is 0.500. The molecule has 1 fully saturated rings. The molecule has 3 N–H and O–H groups in total. The number of benzene rings is 2. The summed E-state index contributed by atoms with van der Waals surface area (Å²) in [6.07, 6.45) is -2.35. The Hall–Kier alpha value is -1.72. The molecule has 31 heavy (non-hydrogen) atoms. The van der Waals surface area contributed by atoms with E-state index in [0.717, 1.165) is 5.56 Å². The van der Waals surface area contributed by atoms with E-state index in [0.29, 0.717) is 12.3 Å². The van der Waals surface area contributed by atoms with Crippen LogP contribution >= 0.6 is 12.4 Å². The van der Waals surface area contributed by atoms with Gasteiger partial charge in [0.25, 0.3) is 0 Å². The SMILES string of the molecule is COc1ccc(S(=O)(=O)NC[C@H]2O[C@@H](CO)[C@@H](O)[C@H]2N(C)Cc2ccccc2)cc1.Cl. The first-order chi connectivity index (χ1) is 14.4. The van der Waals surface area contributed by atoms with E-state index in [1.165, 1.54) is 19.2 Å². The van der Waals surface area contributed by atoms with Gasteiger partial charge < -0.3 is 19.7 Å². The highest BCUT2D eigenvalue weighted by Gasteiger charge is 2.45. The van der Waals surface area contributed by atoms with E-state index in [1.54, 1.807) is 12.1 Å². The normalized spacial score (nSPS) is 23.5. The van der Waals surface area contributed by atoms with Gasteiger partial charge in [0.05, 0.1) is 30.8 Å². The summed E-state index contributed by atoms with van der Waals surface area (Å²) in [7, 11) is -0.420. The number of likely N-dealkylation sites (N-methyl/N-ethyl adjacent to an activating group) is 1. The number of hydrogen-bond donors (Lipinski definition) is 3. The van der Waals surface area contributed by atoms with E-state index in [1.807, 2.05) is 42.3 Å². The van der Waals surface area contributed by atoms with E-state index in [4.69, 9.17) is 9.47 Å². The number of ether oxygens (including phenoxy) is 2. The zero-order chi connectivity index (χ0) is 21.7. The fourth-order valence-corrected chi connectivity index (χ4v) is 4.74. The maximum atomic E-state index is 12.7. The van der Waals surface area contributed by atoms with E-state index in [9.17, 15) is 18.6 Å². The van der Waals surface area contributed by atoms with Gasteiger partial charge in [0.15, 0.2) is 0 Å². The van der Waals surface area contributed by atoms with Gasteiger partial charge in [-0.1, -0.05) is 30.3 Å². The van der Waals surface area contributed by atoms with Crippen molar-refractivity contribution in [2.75, 3.05) is 27.3 Å².